The predicted octanol–water partition coefficient (Wildman–Crippen LogP) is 4.93. The van der Waals surface area contributed by atoms with Gasteiger partial charge in [-0.15, -0.1) is 11.3 Å². The van der Waals surface area contributed by atoms with Gasteiger partial charge in [0.15, 0.2) is 5.75 Å². The molecule has 0 bridgehead atoms. The summed E-state index contributed by atoms with van der Waals surface area (Å²) in [5, 5.41) is 10.3. The van der Waals surface area contributed by atoms with Gasteiger partial charge in [0.2, 0.25) is 5.43 Å². The minimum atomic E-state index is -0.906. The fourth-order valence-electron chi connectivity index (χ4n) is 4.99. The lowest BCUT2D eigenvalue weighted by Crippen LogP contribution is -2.35. The first-order chi connectivity index (χ1) is 16.3. The number of ether oxygens (including phenoxy) is 2. The predicted molar refractivity (Wildman–Crippen MR) is 130 cm³/mol. The van der Waals surface area contributed by atoms with Crippen LogP contribution < -0.4 is 10.2 Å². The molecule has 0 aliphatic heterocycles. The van der Waals surface area contributed by atoms with Crippen LogP contribution in [0.3, 0.4) is 0 Å². The Kier molecular flexibility index (Phi) is 5.51. The highest BCUT2D eigenvalue weighted by atomic mass is 32.1. The SMILES string of the molecule is CCOC(=O)c1cn(C2CC2)c2c(OC)c(-c3cc4c(s3)CCCC4(C)C(=O)O)ccc2c1=O. The van der Waals surface area contributed by atoms with Gasteiger partial charge in [-0.05, 0) is 69.7 Å². The fourth-order valence-corrected chi connectivity index (χ4v) is 6.34. The molecule has 5 rings (SSSR count). The third-order valence-electron chi connectivity index (χ3n) is 7.01. The molecule has 8 heteroatoms. The monoisotopic (exact) mass is 481 g/mol. The van der Waals surface area contributed by atoms with Gasteiger partial charge in [0.1, 0.15) is 5.56 Å². The minimum absolute atomic E-state index is 0.0277. The van der Waals surface area contributed by atoms with E-state index in [4.69, 9.17) is 9.47 Å². The molecule has 178 valence electrons. The zero-order chi connectivity index (χ0) is 24.2. The van der Waals surface area contributed by atoms with Gasteiger partial charge in [-0.3, -0.25) is 9.59 Å². The molecule has 0 saturated heterocycles. The molecule has 7 nitrogen and oxygen atoms in total. The second-order valence-electron chi connectivity index (χ2n) is 9.21. The Morgan fingerprint density at radius 1 is 1.29 bits per heavy atom. The highest BCUT2D eigenvalue weighted by Gasteiger charge is 2.40. The molecule has 2 aliphatic rings. The number of carboxylic acid groups (broad SMARTS) is 1. The number of aromatic nitrogens is 1. The fraction of sp³-hybridized carbons (Fsp3) is 0.423. The van der Waals surface area contributed by atoms with E-state index in [-0.39, 0.29) is 23.6 Å². The van der Waals surface area contributed by atoms with E-state index in [9.17, 15) is 19.5 Å². The van der Waals surface area contributed by atoms with E-state index in [1.807, 2.05) is 16.7 Å². The number of methoxy groups -OCH3 is 1. The Labute approximate surface area is 200 Å². The second kappa shape index (κ2) is 8.27. The van der Waals surface area contributed by atoms with Gasteiger partial charge in [-0.25, -0.2) is 4.79 Å². The Balaban J connectivity index is 1.74. The van der Waals surface area contributed by atoms with Crippen molar-refractivity contribution >= 4 is 34.2 Å². The maximum absolute atomic E-state index is 13.2. The number of carbonyl (C=O) groups excluding carboxylic acids is 1. The molecule has 34 heavy (non-hydrogen) atoms. The summed E-state index contributed by atoms with van der Waals surface area (Å²) in [7, 11) is 1.58. The number of aliphatic carboxylic acids is 1. The number of carbonyl (C=O) groups is 2. The van der Waals surface area contributed by atoms with Crippen LogP contribution in [-0.4, -0.2) is 35.3 Å². The van der Waals surface area contributed by atoms with Crippen LogP contribution in [0.25, 0.3) is 21.3 Å². The van der Waals surface area contributed by atoms with E-state index in [2.05, 4.69) is 0 Å². The molecule has 1 N–H and O–H groups in total. The Morgan fingerprint density at radius 3 is 2.71 bits per heavy atom. The molecule has 1 atom stereocenters. The van der Waals surface area contributed by atoms with Crippen molar-refractivity contribution in [2.45, 2.75) is 57.4 Å². The van der Waals surface area contributed by atoms with E-state index in [0.717, 1.165) is 46.6 Å². The minimum Gasteiger partial charge on any atom is -0.494 e. The molecule has 1 aromatic carbocycles. The Morgan fingerprint density at radius 2 is 2.06 bits per heavy atom. The second-order valence-corrected chi connectivity index (χ2v) is 10.3. The molecule has 1 unspecified atom stereocenters. The average molecular weight is 482 g/mol. The zero-order valence-electron chi connectivity index (χ0n) is 19.5. The van der Waals surface area contributed by atoms with Gasteiger partial charge >= 0.3 is 11.9 Å². The van der Waals surface area contributed by atoms with Crippen LogP contribution in [-0.2, 0) is 21.4 Å². The van der Waals surface area contributed by atoms with Crippen LogP contribution in [0.1, 0.15) is 66.4 Å². The molecule has 2 heterocycles. The van der Waals surface area contributed by atoms with Crippen molar-refractivity contribution in [3.63, 3.8) is 0 Å². The van der Waals surface area contributed by atoms with Gasteiger partial charge < -0.3 is 19.1 Å². The van der Waals surface area contributed by atoms with E-state index in [0.29, 0.717) is 23.1 Å². The molecular formula is C26H27NO6S. The van der Waals surface area contributed by atoms with Gasteiger partial charge in [0, 0.05) is 27.6 Å². The third kappa shape index (κ3) is 3.43. The number of fused-ring (bicyclic) bond motifs is 2. The van der Waals surface area contributed by atoms with Crippen LogP contribution >= 0.6 is 11.3 Å². The summed E-state index contributed by atoms with van der Waals surface area (Å²) >= 11 is 1.59. The standard InChI is InChI=1S/C26H27NO6S/c1-4-33-24(29)17-13-27(14-7-8-14)21-16(22(17)28)10-9-15(23(21)32-3)20-12-18-19(34-20)6-5-11-26(18,2)25(30)31/h9-10,12-14H,4-8,11H2,1-3H3,(H,30,31). The molecule has 0 spiro atoms. The number of thiophene rings is 1. The summed E-state index contributed by atoms with van der Waals surface area (Å²) in [6.45, 7) is 3.70. The zero-order valence-corrected chi connectivity index (χ0v) is 20.3. The van der Waals surface area contributed by atoms with E-state index >= 15 is 0 Å². The molecule has 1 saturated carbocycles. The van der Waals surface area contributed by atoms with Crippen LogP contribution in [0.15, 0.2) is 29.2 Å². The van der Waals surface area contributed by atoms with Gasteiger partial charge in [-0.1, -0.05) is 0 Å². The first-order valence-corrected chi connectivity index (χ1v) is 12.4. The number of carboxylic acids is 1. The topological polar surface area (TPSA) is 94.8 Å². The molecule has 1 fully saturated rings. The van der Waals surface area contributed by atoms with Crippen molar-refractivity contribution in [3.8, 4) is 16.2 Å². The van der Waals surface area contributed by atoms with Gasteiger partial charge in [0.05, 0.1) is 30.0 Å². The summed E-state index contributed by atoms with van der Waals surface area (Å²) < 4.78 is 13.0. The maximum Gasteiger partial charge on any atom is 0.343 e. The van der Waals surface area contributed by atoms with E-state index < -0.39 is 17.4 Å². The highest BCUT2D eigenvalue weighted by Crippen LogP contribution is 2.48. The quantitative estimate of drug-likeness (QED) is 0.502. The largest absolute Gasteiger partial charge is 0.494 e. The average Bonchev–Trinajstić information content (AvgIpc) is 3.56. The molecular weight excluding hydrogens is 454 g/mol. The van der Waals surface area contributed by atoms with Crippen molar-refractivity contribution in [3.05, 3.63) is 50.6 Å². The third-order valence-corrected chi connectivity index (χ3v) is 8.24. The lowest BCUT2D eigenvalue weighted by atomic mass is 9.74. The first-order valence-electron chi connectivity index (χ1n) is 11.6. The normalized spacial score (nSPS) is 19.6. The van der Waals surface area contributed by atoms with Crippen molar-refractivity contribution in [2.24, 2.45) is 0 Å². The Hall–Kier alpha value is -3.13. The molecule has 2 aliphatic carbocycles. The van der Waals surface area contributed by atoms with Crippen LogP contribution in [0.2, 0.25) is 0 Å². The Bertz CT molecular complexity index is 1380. The lowest BCUT2D eigenvalue weighted by Gasteiger charge is -2.29. The van der Waals surface area contributed by atoms with Crippen LogP contribution in [0, 0.1) is 0 Å². The number of benzene rings is 1. The lowest BCUT2D eigenvalue weighted by molar-refractivity contribution is -0.143. The summed E-state index contributed by atoms with van der Waals surface area (Å²) in [5.41, 5.74) is 1.09. The van der Waals surface area contributed by atoms with Crippen molar-refractivity contribution in [1.29, 1.82) is 0 Å². The number of aryl methyl sites for hydroxylation is 1. The summed E-state index contributed by atoms with van der Waals surface area (Å²) in [5.74, 6) is -0.865. The number of rotatable bonds is 6. The number of esters is 1. The van der Waals surface area contributed by atoms with Gasteiger partial charge in [0.25, 0.3) is 0 Å². The van der Waals surface area contributed by atoms with E-state index in [1.54, 1.807) is 44.6 Å². The van der Waals surface area contributed by atoms with Crippen molar-refractivity contribution in [2.75, 3.05) is 13.7 Å². The number of nitrogens with zero attached hydrogens (tertiary/aromatic N) is 1. The molecule has 0 amide bonds. The van der Waals surface area contributed by atoms with Crippen molar-refractivity contribution in [1.82, 2.24) is 4.57 Å². The van der Waals surface area contributed by atoms with E-state index in [1.165, 1.54) is 0 Å². The number of pyridine rings is 1. The van der Waals surface area contributed by atoms with Crippen molar-refractivity contribution < 1.29 is 24.2 Å². The number of hydrogen-bond donors (Lipinski definition) is 1. The van der Waals surface area contributed by atoms with Crippen LogP contribution in [0.4, 0.5) is 0 Å². The summed E-state index contributed by atoms with van der Waals surface area (Å²) in [6, 6.07) is 5.74. The molecule has 3 aromatic rings. The number of hydrogen-bond acceptors (Lipinski definition) is 6. The summed E-state index contributed by atoms with van der Waals surface area (Å²) in [4.78, 5) is 39.8. The molecule has 0 radical (unpaired) electrons. The summed E-state index contributed by atoms with van der Waals surface area (Å²) in [6.07, 6.45) is 5.82. The van der Waals surface area contributed by atoms with Gasteiger partial charge in [-0.2, -0.15) is 0 Å². The van der Waals surface area contributed by atoms with Crippen LogP contribution in [0.5, 0.6) is 5.75 Å². The maximum atomic E-state index is 13.2. The first kappa shape index (κ1) is 22.7. The smallest absolute Gasteiger partial charge is 0.343 e. The molecule has 2 aromatic heterocycles. The highest BCUT2D eigenvalue weighted by molar-refractivity contribution is 7.15.